The van der Waals surface area contributed by atoms with Gasteiger partial charge < -0.3 is 14.4 Å². The van der Waals surface area contributed by atoms with Gasteiger partial charge in [0.1, 0.15) is 5.75 Å². The average molecular weight is 331 g/mol. The largest absolute Gasteiger partial charge is 0.481 e. The Kier molecular flexibility index (Phi) is 6.55. The lowest BCUT2D eigenvalue weighted by molar-refractivity contribution is -0.145. The number of rotatable bonds is 7. The first-order valence-corrected chi connectivity index (χ1v) is 8.28. The van der Waals surface area contributed by atoms with Gasteiger partial charge in [-0.2, -0.15) is 0 Å². The number of carbonyl (C=O) groups is 2. The number of Topliss-reactive ketones (excluding diaryl/α,β-unsaturated/α-hetero) is 1. The zero-order valence-electron chi connectivity index (χ0n) is 14.6. The minimum absolute atomic E-state index is 0.0684. The minimum atomic E-state index is -0.400. The molecule has 5 heteroatoms. The fraction of sp³-hybridized carbons (Fsp3) is 0.474. The van der Waals surface area contributed by atoms with Crippen LogP contribution in [0, 0.1) is 5.92 Å². The molecule has 1 aliphatic carbocycles. The molecule has 5 nitrogen and oxygen atoms in total. The second-order valence-corrected chi connectivity index (χ2v) is 6.16. The smallest absolute Gasteiger partial charge is 0.344 e. The molecular formula is C19H25NO4. The van der Waals surface area contributed by atoms with E-state index in [9.17, 15) is 9.59 Å². The molecule has 1 aromatic carbocycles. The van der Waals surface area contributed by atoms with Crippen molar-refractivity contribution in [2.45, 2.75) is 19.8 Å². The highest BCUT2D eigenvalue weighted by Crippen LogP contribution is 2.31. The van der Waals surface area contributed by atoms with Gasteiger partial charge in [-0.25, -0.2) is 4.79 Å². The molecule has 130 valence electrons. The normalized spacial score (nSPS) is 19.1. The number of ketones is 1. The van der Waals surface area contributed by atoms with Crippen LogP contribution in [0.25, 0.3) is 6.08 Å². The van der Waals surface area contributed by atoms with E-state index in [1.165, 1.54) is 0 Å². The number of hydrogen-bond acceptors (Lipinski definition) is 5. The molecule has 1 aromatic rings. The van der Waals surface area contributed by atoms with Crippen molar-refractivity contribution in [2.75, 3.05) is 33.9 Å². The van der Waals surface area contributed by atoms with Gasteiger partial charge in [-0.3, -0.25) is 4.79 Å². The van der Waals surface area contributed by atoms with E-state index < -0.39 is 5.97 Å². The van der Waals surface area contributed by atoms with Crippen LogP contribution >= 0.6 is 0 Å². The lowest BCUT2D eigenvalue weighted by atomic mass is 10.0. The summed E-state index contributed by atoms with van der Waals surface area (Å²) in [7, 11) is 3.96. The van der Waals surface area contributed by atoms with Crippen molar-refractivity contribution in [3.63, 3.8) is 0 Å². The molecule has 0 aromatic heterocycles. The van der Waals surface area contributed by atoms with E-state index in [2.05, 4.69) is 0 Å². The Bertz CT molecular complexity index is 622. The maximum atomic E-state index is 12.5. The molecule has 24 heavy (non-hydrogen) atoms. The van der Waals surface area contributed by atoms with Crippen molar-refractivity contribution in [1.82, 2.24) is 4.90 Å². The van der Waals surface area contributed by atoms with Gasteiger partial charge in [0.05, 0.1) is 6.61 Å². The summed E-state index contributed by atoms with van der Waals surface area (Å²) in [6.45, 7) is 2.73. The summed E-state index contributed by atoms with van der Waals surface area (Å²) in [5.41, 5.74) is 1.64. The summed E-state index contributed by atoms with van der Waals surface area (Å²) in [5.74, 6) is 0.465. The minimum Gasteiger partial charge on any atom is -0.481 e. The topological polar surface area (TPSA) is 55.8 Å². The molecule has 1 aliphatic rings. The third-order valence-electron chi connectivity index (χ3n) is 3.93. The molecule has 0 spiro atoms. The Morgan fingerprint density at radius 1 is 1.33 bits per heavy atom. The van der Waals surface area contributed by atoms with Gasteiger partial charge in [-0.1, -0.05) is 18.2 Å². The monoisotopic (exact) mass is 331 g/mol. The Morgan fingerprint density at radius 2 is 2.08 bits per heavy atom. The second-order valence-electron chi connectivity index (χ2n) is 6.16. The van der Waals surface area contributed by atoms with Crippen molar-refractivity contribution in [1.29, 1.82) is 0 Å². The van der Waals surface area contributed by atoms with Crippen LogP contribution in [0.2, 0.25) is 0 Å². The lowest BCUT2D eigenvalue weighted by Crippen LogP contribution is -2.24. The van der Waals surface area contributed by atoms with Gasteiger partial charge in [0.25, 0.3) is 0 Å². The van der Waals surface area contributed by atoms with E-state index in [0.29, 0.717) is 12.4 Å². The molecule has 0 heterocycles. The summed E-state index contributed by atoms with van der Waals surface area (Å²) in [6, 6.07) is 7.41. The third kappa shape index (κ3) is 4.93. The molecule has 1 atom stereocenters. The van der Waals surface area contributed by atoms with Crippen molar-refractivity contribution in [3.8, 4) is 5.75 Å². The number of nitrogens with zero attached hydrogens (tertiary/aromatic N) is 1. The first-order chi connectivity index (χ1) is 11.5. The number of benzene rings is 1. The number of hydrogen-bond donors (Lipinski definition) is 0. The summed E-state index contributed by atoms with van der Waals surface area (Å²) < 4.78 is 10.4. The summed E-state index contributed by atoms with van der Waals surface area (Å²) in [6.07, 6.45) is 3.55. The molecule has 0 N–H and O–H groups in total. The second kappa shape index (κ2) is 8.64. The number of carbonyl (C=O) groups excluding carboxylic acids is 2. The van der Waals surface area contributed by atoms with Crippen LogP contribution in [0.15, 0.2) is 29.8 Å². The van der Waals surface area contributed by atoms with Crippen LogP contribution in [0.3, 0.4) is 0 Å². The van der Waals surface area contributed by atoms with Gasteiger partial charge in [0.2, 0.25) is 0 Å². The lowest BCUT2D eigenvalue weighted by Gasteiger charge is -2.13. The van der Waals surface area contributed by atoms with Crippen LogP contribution in [0.5, 0.6) is 5.75 Å². The van der Waals surface area contributed by atoms with Gasteiger partial charge in [-0.15, -0.1) is 0 Å². The van der Waals surface area contributed by atoms with Crippen molar-refractivity contribution >= 4 is 17.8 Å². The summed E-state index contributed by atoms with van der Waals surface area (Å²) >= 11 is 0. The SMILES string of the molecule is CCOC(=O)COc1ccccc1C=C1CCC(CN(C)C)C1=O. The molecule has 0 radical (unpaired) electrons. The molecular weight excluding hydrogens is 306 g/mol. The van der Waals surface area contributed by atoms with Gasteiger partial charge in [0.15, 0.2) is 12.4 Å². The van der Waals surface area contributed by atoms with Gasteiger partial charge >= 0.3 is 5.97 Å². The van der Waals surface area contributed by atoms with E-state index in [1.54, 1.807) is 13.0 Å². The molecule has 1 fully saturated rings. The van der Waals surface area contributed by atoms with Crippen molar-refractivity contribution in [2.24, 2.45) is 5.92 Å². The van der Waals surface area contributed by atoms with Gasteiger partial charge in [0, 0.05) is 18.0 Å². The summed E-state index contributed by atoms with van der Waals surface area (Å²) in [4.78, 5) is 26.0. The fourth-order valence-electron chi connectivity index (χ4n) is 2.86. The molecule has 1 unspecified atom stereocenters. The highest BCUT2D eigenvalue weighted by molar-refractivity contribution is 6.03. The number of ether oxygens (including phenoxy) is 2. The van der Waals surface area contributed by atoms with Crippen LogP contribution in [0.1, 0.15) is 25.3 Å². The highest BCUT2D eigenvalue weighted by atomic mass is 16.6. The molecule has 1 saturated carbocycles. The van der Waals surface area contributed by atoms with Crippen LogP contribution in [0.4, 0.5) is 0 Å². The Hall–Kier alpha value is -2.14. The molecule has 2 rings (SSSR count). The van der Waals surface area contributed by atoms with E-state index in [4.69, 9.17) is 9.47 Å². The maximum Gasteiger partial charge on any atom is 0.344 e. The van der Waals surface area contributed by atoms with Crippen molar-refractivity contribution < 1.29 is 19.1 Å². The third-order valence-corrected chi connectivity index (χ3v) is 3.93. The predicted octanol–water partition coefficient (Wildman–Crippen LogP) is 2.55. The number of esters is 1. The van der Waals surface area contributed by atoms with E-state index in [-0.39, 0.29) is 18.3 Å². The Labute approximate surface area is 143 Å². The zero-order valence-corrected chi connectivity index (χ0v) is 14.6. The van der Waals surface area contributed by atoms with E-state index in [0.717, 1.165) is 30.5 Å². The molecule has 0 saturated heterocycles. The number of allylic oxidation sites excluding steroid dienone is 1. The summed E-state index contributed by atoms with van der Waals surface area (Å²) in [5, 5.41) is 0. The standard InChI is InChI=1S/C19H25NO4/c1-4-23-18(21)13-24-17-8-6-5-7-14(17)11-15-9-10-16(19(15)22)12-20(2)3/h5-8,11,16H,4,9-10,12-13H2,1-3H3. The van der Waals surface area contributed by atoms with Crippen LogP contribution < -0.4 is 4.74 Å². The average Bonchev–Trinajstić information content (AvgIpc) is 2.87. The van der Waals surface area contributed by atoms with E-state index in [1.807, 2.05) is 43.3 Å². The molecule has 0 aliphatic heterocycles. The van der Waals surface area contributed by atoms with Crippen LogP contribution in [-0.2, 0) is 14.3 Å². The maximum absolute atomic E-state index is 12.5. The quantitative estimate of drug-likeness (QED) is 0.568. The zero-order chi connectivity index (χ0) is 17.5. The fourth-order valence-corrected chi connectivity index (χ4v) is 2.86. The first-order valence-electron chi connectivity index (χ1n) is 8.28. The number of para-hydroxylation sites is 1. The Balaban J connectivity index is 2.09. The Morgan fingerprint density at radius 3 is 2.79 bits per heavy atom. The molecule has 0 bridgehead atoms. The van der Waals surface area contributed by atoms with Crippen LogP contribution in [-0.4, -0.2) is 50.5 Å². The van der Waals surface area contributed by atoms with Gasteiger partial charge in [-0.05, 0) is 51.6 Å². The molecule has 0 amide bonds. The van der Waals surface area contributed by atoms with E-state index >= 15 is 0 Å². The first kappa shape index (κ1) is 18.2. The van der Waals surface area contributed by atoms with Crippen molar-refractivity contribution in [3.05, 3.63) is 35.4 Å². The highest BCUT2D eigenvalue weighted by Gasteiger charge is 2.29. The predicted molar refractivity (Wildman–Crippen MR) is 92.8 cm³/mol.